The summed E-state index contributed by atoms with van der Waals surface area (Å²) in [4.78, 5) is 10.6. The summed E-state index contributed by atoms with van der Waals surface area (Å²) in [5, 5.41) is 0. The summed E-state index contributed by atoms with van der Waals surface area (Å²) in [5.41, 5.74) is -5.53. The summed E-state index contributed by atoms with van der Waals surface area (Å²) in [5.74, 6) is -0.939. The van der Waals surface area contributed by atoms with E-state index in [-0.39, 0.29) is 18.4 Å². The van der Waals surface area contributed by atoms with Crippen LogP contribution in [0.1, 0.15) is 33.6 Å². The third-order valence-electron chi connectivity index (χ3n) is 2.74. The van der Waals surface area contributed by atoms with E-state index in [0.29, 0.717) is 6.61 Å². The van der Waals surface area contributed by atoms with E-state index in [2.05, 4.69) is 0 Å². The fourth-order valence-corrected chi connectivity index (χ4v) is 1.46. The molecule has 0 aromatic heterocycles. The highest BCUT2D eigenvalue weighted by Crippen LogP contribution is 2.25. The van der Waals surface area contributed by atoms with Gasteiger partial charge in [-0.2, -0.15) is 21.6 Å². The van der Waals surface area contributed by atoms with Gasteiger partial charge in [-0.1, -0.05) is 0 Å². The molecule has 0 spiro atoms. The summed E-state index contributed by atoms with van der Waals surface area (Å²) >= 11 is 0. The van der Waals surface area contributed by atoms with Crippen LogP contribution < -0.4 is 0 Å². The average Bonchev–Trinajstić information content (AvgIpc) is 2.81. The molecular formula is C12H21F3O8S. The maximum atomic E-state index is 10.7. The predicted octanol–water partition coefficient (Wildman–Crippen LogP) is 1.85. The van der Waals surface area contributed by atoms with Crippen molar-refractivity contribution in [1.29, 1.82) is 0 Å². The molecule has 8 nitrogen and oxygen atoms in total. The number of hydrogen-bond donors (Lipinski definition) is 1. The molecule has 1 N–H and O–H groups in total. The molecule has 1 aliphatic rings. The predicted molar refractivity (Wildman–Crippen MR) is 74.3 cm³/mol. The van der Waals surface area contributed by atoms with Gasteiger partial charge in [-0.3, -0.25) is 9.35 Å². The quantitative estimate of drug-likeness (QED) is 0.332. The fraction of sp³-hybridized carbons (Fsp3) is 0.917. The molecule has 0 amide bonds. The van der Waals surface area contributed by atoms with E-state index >= 15 is 0 Å². The lowest BCUT2D eigenvalue weighted by Gasteiger charge is -2.27. The second kappa shape index (κ2) is 8.94. The zero-order valence-electron chi connectivity index (χ0n) is 13.6. The van der Waals surface area contributed by atoms with E-state index in [1.54, 1.807) is 7.11 Å². The van der Waals surface area contributed by atoms with Crippen molar-refractivity contribution in [3.63, 3.8) is 0 Å². The van der Waals surface area contributed by atoms with E-state index in [1.165, 1.54) is 6.92 Å². The molecule has 2 atom stereocenters. The largest absolute Gasteiger partial charge is 0.522 e. The molecule has 1 fully saturated rings. The first kappa shape index (κ1) is 23.1. The first-order chi connectivity index (χ1) is 10.7. The van der Waals surface area contributed by atoms with Crippen molar-refractivity contribution in [3.05, 3.63) is 0 Å². The van der Waals surface area contributed by atoms with E-state index < -0.39 is 21.4 Å². The molecular weight excluding hydrogens is 361 g/mol. The van der Waals surface area contributed by atoms with Gasteiger partial charge in [0.2, 0.25) is 0 Å². The van der Waals surface area contributed by atoms with Crippen LogP contribution in [0.25, 0.3) is 0 Å². The summed E-state index contributed by atoms with van der Waals surface area (Å²) < 4.78 is 78.7. The van der Waals surface area contributed by atoms with Crippen LogP contribution in [0.5, 0.6) is 0 Å². The van der Waals surface area contributed by atoms with Gasteiger partial charge in [0.25, 0.3) is 0 Å². The molecule has 0 saturated carbocycles. The Morgan fingerprint density at radius 3 is 2.17 bits per heavy atom. The molecule has 144 valence electrons. The lowest BCUT2D eigenvalue weighted by Crippen LogP contribution is -2.33. The Bertz CT molecular complexity index is 503. The van der Waals surface area contributed by atoms with Gasteiger partial charge in [-0.25, -0.2) is 0 Å². The Morgan fingerprint density at radius 2 is 1.79 bits per heavy atom. The van der Waals surface area contributed by atoms with Crippen molar-refractivity contribution in [3.8, 4) is 0 Å². The zero-order chi connectivity index (χ0) is 19.2. The molecule has 12 heteroatoms. The van der Waals surface area contributed by atoms with Gasteiger partial charge in [0.1, 0.15) is 6.61 Å². The van der Waals surface area contributed by atoms with Gasteiger partial charge in [0.15, 0.2) is 12.1 Å². The third-order valence-corrected chi connectivity index (χ3v) is 3.33. The first-order valence-electron chi connectivity index (χ1n) is 6.73. The normalized spacial score (nSPS) is 21.8. The van der Waals surface area contributed by atoms with E-state index in [9.17, 15) is 18.0 Å². The second-order valence-corrected chi connectivity index (χ2v) is 6.62. The van der Waals surface area contributed by atoms with Crippen LogP contribution in [0.2, 0.25) is 0 Å². The van der Waals surface area contributed by atoms with Crippen LogP contribution in [0.4, 0.5) is 13.2 Å². The van der Waals surface area contributed by atoms with Crippen LogP contribution in [0.3, 0.4) is 0 Å². The number of methoxy groups -OCH3 is 1. The minimum Gasteiger partial charge on any atom is -0.463 e. The summed E-state index contributed by atoms with van der Waals surface area (Å²) in [6.07, 6.45) is 1.27. The minimum atomic E-state index is -5.84. The van der Waals surface area contributed by atoms with Crippen LogP contribution in [-0.4, -0.2) is 56.3 Å². The highest BCUT2D eigenvalue weighted by atomic mass is 32.2. The molecule has 1 aliphatic heterocycles. The van der Waals surface area contributed by atoms with Crippen molar-refractivity contribution in [2.45, 2.75) is 57.3 Å². The number of hydrogen-bond acceptors (Lipinski definition) is 7. The fourth-order valence-electron chi connectivity index (χ4n) is 1.46. The van der Waals surface area contributed by atoms with Gasteiger partial charge in [-0.15, -0.1) is 0 Å². The highest BCUT2D eigenvalue weighted by Gasteiger charge is 2.44. The van der Waals surface area contributed by atoms with E-state index in [4.69, 9.17) is 31.9 Å². The first-order valence-corrected chi connectivity index (χ1v) is 8.17. The SMILES string of the molecule is COC(C)(C)OC1CC[C@@H](COC(C)=O)O1.O=S(=O)(O)C(F)(F)F. The highest BCUT2D eigenvalue weighted by molar-refractivity contribution is 7.86. The van der Waals surface area contributed by atoms with Crippen molar-refractivity contribution < 1.29 is 49.9 Å². The third kappa shape index (κ3) is 9.37. The smallest absolute Gasteiger partial charge is 0.463 e. The van der Waals surface area contributed by atoms with Gasteiger partial charge < -0.3 is 18.9 Å². The Morgan fingerprint density at radius 1 is 1.29 bits per heavy atom. The Labute approximate surface area is 137 Å². The van der Waals surface area contributed by atoms with Gasteiger partial charge in [-0.05, 0) is 20.3 Å². The Hall–Kier alpha value is -0.950. The number of ether oxygens (including phenoxy) is 4. The zero-order valence-corrected chi connectivity index (χ0v) is 14.4. The molecule has 1 heterocycles. The summed E-state index contributed by atoms with van der Waals surface area (Å²) in [7, 11) is -4.25. The Kier molecular flexibility index (Phi) is 8.59. The standard InChI is InChI=1S/C11H20O5.CHF3O3S/c1-8(12)14-7-9-5-6-10(15-9)16-11(2,3)13-4;2-1(3,4)8(5,6)7/h9-10H,5-7H2,1-4H3;(H,5,6,7)/t9-,10?;/m0./s1. The van der Waals surface area contributed by atoms with Crippen molar-refractivity contribution >= 4 is 16.1 Å². The summed E-state index contributed by atoms with van der Waals surface area (Å²) in [6, 6.07) is 0. The Balaban J connectivity index is 0.000000561. The topological polar surface area (TPSA) is 108 Å². The molecule has 1 saturated heterocycles. The molecule has 0 radical (unpaired) electrons. The maximum absolute atomic E-state index is 10.7. The molecule has 0 bridgehead atoms. The van der Waals surface area contributed by atoms with Gasteiger partial charge in [0, 0.05) is 20.5 Å². The lowest BCUT2D eigenvalue weighted by atomic mass is 10.2. The van der Waals surface area contributed by atoms with E-state index in [0.717, 1.165) is 12.8 Å². The van der Waals surface area contributed by atoms with Crippen LogP contribution in [0.15, 0.2) is 0 Å². The molecule has 1 rings (SSSR count). The van der Waals surface area contributed by atoms with Crippen molar-refractivity contribution in [1.82, 2.24) is 0 Å². The minimum absolute atomic E-state index is 0.0680. The van der Waals surface area contributed by atoms with E-state index in [1.807, 2.05) is 13.8 Å². The summed E-state index contributed by atoms with van der Waals surface area (Å²) in [6.45, 7) is 5.34. The van der Waals surface area contributed by atoms with Crippen LogP contribution in [-0.2, 0) is 33.9 Å². The monoisotopic (exact) mass is 382 g/mol. The number of carbonyl (C=O) groups is 1. The van der Waals surface area contributed by atoms with Crippen molar-refractivity contribution in [2.75, 3.05) is 13.7 Å². The van der Waals surface area contributed by atoms with Gasteiger partial charge >= 0.3 is 21.6 Å². The van der Waals surface area contributed by atoms with Crippen LogP contribution in [0, 0.1) is 0 Å². The van der Waals surface area contributed by atoms with Crippen molar-refractivity contribution in [2.24, 2.45) is 0 Å². The average molecular weight is 382 g/mol. The molecule has 24 heavy (non-hydrogen) atoms. The maximum Gasteiger partial charge on any atom is 0.522 e. The molecule has 1 unspecified atom stereocenters. The number of halogens is 3. The second-order valence-electron chi connectivity index (χ2n) is 5.21. The molecule has 0 aliphatic carbocycles. The molecule has 0 aromatic carbocycles. The number of carbonyl (C=O) groups excluding carboxylic acids is 1. The lowest BCUT2D eigenvalue weighted by molar-refractivity contribution is -0.281. The number of esters is 1. The van der Waals surface area contributed by atoms with Crippen LogP contribution >= 0.6 is 0 Å². The van der Waals surface area contributed by atoms with Gasteiger partial charge in [0.05, 0.1) is 6.10 Å². The number of alkyl halides is 3. The molecule has 0 aromatic rings. The number of rotatable bonds is 5.